The van der Waals surface area contributed by atoms with Crippen LogP contribution in [-0.4, -0.2) is 22.7 Å². The lowest BCUT2D eigenvalue weighted by Gasteiger charge is -2.17. The van der Waals surface area contributed by atoms with E-state index >= 15 is 0 Å². The van der Waals surface area contributed by atoms with Crippen molar-refractivity contribution < 1.29 is 14.4 Å². The van der Waals surface area contributed by atoms with Crippen molar-refractivity contribution in [2.75, 3.05) is 10.6 Å². The summed E-state index contributed by atoms with van der Waals surface area (Å²) in [7, 11) is 0. The first-order valence-corrected chi connectivity index (χ1v) is 18.7. The van der Waals surface area contributed by atoms with Crippen LogP contribution in [0.1, 0.15) is 26.7 Å². The number of amides is 3. The molecular weight excluding hydrogens is 720 g/mol. The molecule has 7 rings (SSSR count). The molecule has 6 aromatic carbocycles. The Morgan fingerprint density at radius 1 is 0.717 bits per heavy atom. The molecule has 0 bridgehead atoms. The first-order chi connectivity index (χ1) is 25.9. The predicted octanol–water partition coefficient (Wildman–Crippen LogP) is 10.5. The molecule has 1 aromatic heterocycles. The molecule has 1 heterocycles. The van der Waals surface area contributed by atoms with Crippen LogP contribution in [0.5, 0.6) is 0 Å². The van der Waals surface area contributed by atoms with E-state index in [1.165, 1.54) is 23.1 Å². The molecule has 0 saturated carbocycles. The fourth-order valence-electron chi connectivity index (χ4n) is 5.57. The molecule has 0 aliphatic carbocycles. The van der Waals surface area contributed by atoms with Crippen molar-refractivity contribution in [3.05, 3.63) is 184 Å². The Balaban J connectivity index is 1.09. The van der Waals surface area contributed by atoms with Crippen molar-refractivity contribution in [3.63, 3.8) is 0 Å². The zero-order valence-electron chi connectivity index (χ0n) is 28.0. The second-order valence-corrected chi connectivity index (χ2v) is 14.4. The highest BCUT2D eigenvalue weighted by atomic mass is 35.5. The van der Waals surface area contributed by atoms with Crippen molar-refractivity contribution >= 4 is 80.1 Å². The number of carbonyl (C=O) groups excluding carboxylic acids is 3. The topological polar surface area (TPSA) is 100 Å². The summed E-state index contributed by atoms with van der Waals surface area (Å²) in [5.41, 5.74) is 4.13. The standard InChI is InChI=1S/C43H31ClN4O3S2/c44-34-18-9-11-28(23-34)24-37(46-40(49)31-15-5-2-6-16-31)41(50)45-35-19-10-20-36(26-35)53-39(30-13-3-1-4-14-30)42(51)48-43-47-38(27-52-43)33-22-21-29-12-7-8-17-32(29)25-33/h1-27,39H,(H,45,50)(H,46,49)(H,47,48,51)/b37-24-. The van der Waals surface area contributed by atoms with Gasteiger partial charge in [-0.05, 0) is 76.5 Å². The van der Waals surface area contributed by atoms with Gasteiger partial charge in [-0.3, -0.25) is 14.4 Å². The van der Waals surface area contributed by atoms with Crippen LogP contribution in [0.25, 0.3) is 28.1 Å². The van der Waals surface area contributed by atoms with Crippen molar-refractivity contribution in [3.8, 4) is 11.3 Å². The molecule has 1 atom stereocenters. The maximum Gasteiger partial charge on any atom is 0.272 e. The van der Waals surface area contributed by atoms with Gasteiger partial charge in [-0.2, -0.15) is 0 Å². The second-order valence-electron chi connectivity index (χ2n) is 11.9. The first kappa shape index (κ1) is 35.4. The summed E-state index contributed by atoms with van der Waals surface area (Å²) in [5.74, 6) is -1.19. The number of fused-ring (bicyclic) bond motifs is 1. The summed E-state index contributed by atoms with van der Waals surface area (Å²) >= 11 is 8.92. The number of hydrogen-bond acceptors (Lipinski definition) is 6. The van der Waals surface area contributed by atoms with Crippen LogP contribution in [0.4, 0.5) is 10.8 Å². The number of thiazole rings is 1. The van der Waals surface area contributed by atoms with Gasteiger partial charge in [0.15, 0.2) is 5.13 Å². The Bertz CT molecular complexity index is 2450. The maximum absolute atomic E-state index is 13.9. The Kier molecular flexibility index (Phi) is 11.1. The van der Waals surface area contributed by atoms with Gasteiger partial charge in [-0.1, -0.05) is 115 Å². The quantitative estimate of drug-likeness (QED) is 0.0903. The van der Waals surface area contributed by atoms with Crippen molar-refractivity contribution in [1.82, 2.24) is 10.3 Å². The molecule has 0 radical (unpaired) electrons. The Labute approximate surface area is 319 Å². The van der Waals surface area contributed by atoms with E-state index in [1.54, 1.807) is 72.8 Å². The zero-order valence-corrected chi connectivity index (χ0v) is 30.4. The van der Waals surface area contributed by atoms with Crippen LogP contribution >= 0.6 is 34.7 Å². The van der Waals surface area contributed by atoms with E-state index in [2.05, 4.69) is 40.2 Å². The number of carbonyl (C=O) groups is 3. The minimum atomic E-state index is -0.626. The molecule has 1 unspecified atom stereocenters. The highest BCUT2D eigenvalue weighted by Gasteiger charge is 2.24. The van der Waals surface area contributed by atoms with Gasteiger partial charge in [0.05, 0.1) is 5.69 Å². The molecule has 3 N–H and O–H groups in total. The lowest BCUT2D eigenvalue weighted by atomic mass is 10.1. The van der Waals surface area contributed by atoms with Gasteiger partial charge >= 0.3 is 0 Å². The number of halogens is 1. The van der Waals surface area contributed by atoms with E-state index in [0.29, 0.717) is 27.0 Å². The number of benzene rings is 6. The molecule has 0 saturated heterocycles. The highest BCUT2D eigenvalue weighted by Crippen LogP contribution is 2.38. The van der Waals surface area contributed by atoms with Crippen LogP contribution in [0.3, 0.4) is 0 Å². The van der Waals surface area contributed by atoms with E-state index in [-0.39, 0.29) is 11.6 Å². The zero-order chi connectivity index (χ0) is 36.6. The number of thioether (sulfide) groups is 1. The number of anilines is 2. The fourth-order valence-corrected chi connectivity index (χ4v) is 7.58. The van der Waals surface area contributed by atoms with Gasteiger partial charge in [0.2, 0.25) is 5.91 Å². The normalized spacial score (nSPS) is 11.8. The highest BCUT2D eigenvalue weighted by molar-refractivity contribution is 8.00. The van der Waals surface area contributed by atoms with E-state index in [9.17, 15) is 14.4 Å². The molecule has 0 aliphatic heterocycles. The summed E-state index contributed by atoms with van der Waals surface area (Å²) in [6.45, 7) is 0. The number of aromatic nitrogens is 1. The van der Waals surface area contributed by atoms with E-state index in [4.69, 9.17) is 16.6 Å². The molecule has 53 heavy (non-hydrogen) atoms. The maximum atomic E-state index is 13.9. The molecule has 260 valence electrons. The molecule has 7 aromatic rings. The Hall–Kier alpha value is -6.00. The van der Waals surface area contributed by atoms with Gasteiger partial charge in [-0.15, -0.1) is 23.1 Å². The van der Waals surface area contributed by atoms with Gasteiger partial charge in [0, 0.05) is 32.1 Å². The molecule has 7 nitrogen and oxygen atoms in total. The van der Waals surface area contributed by atoms with Gasteiger partial charge < -0.3 is 16.0 Å². The monoisotopic (exact) mass is 750 g/mol. The summed E-state index contributed by atoms with van der Waals surface area (Å²) in [5, 5.41) is 13.3. The fraction of sp³-hybridized carbons (Fsp3) is 0.0233. The largest absolute Gasteiger partial charge is 0.321 e. The minimum Gasteiger partial charge on any atom is -0.321 e. The van der Waals surface area contributed by atoms with Crippen LogP contribution in [0.15, 0.2) is 168 Å². The number of nitrogens with zero attached hydrogens (tertiary/aromatic N) is 1. The number of rotatable bonds is 11. The summed E-state index contributed by atoms with van der Waals surface area (Å²) < 4.78 is 0. The van der Waals surface area contributed by atoms with Crippen LogP contribution in [-0.2, 0) is 9.59 Å². The summed E-state index contributed by atoms with van der Waals surface area (Å²) in [6.07, 6.45) is 1.57. The molecule has 3 amide bonds. The molecule has 0 aliphatic rings. The van der Waals surface area contributed by atoms with Crippen LogP contribution in [0.2, 0.25) is 5.02 Å². The summed E-state index contributed by atoms with van der Waals surface area (Å²) in [6, 6.07) is 46.7. The Morgan fingerprint density at radius 3 is 2.25 bits per heavy atom. The van der Waals surface area contributed by atoms with E-state index in [1.807, 2.05) is 66.0 Å². The van der Waals surface area contributed by atoms with E-state index < -0.39 is 17.1 Å². The summed E-state index contributed by atoms with van der Waals surface area (Å²) in [4.78, 5) is 46.2. The molecule has 0 fully saturated rings. The molecule has 10 heteroatoms. The number of nitrogens with one attached hydrogen (secondary N) is 3. The lowest BCUT2D eigenvalue weighted by molar-refractivity contribution is -0.116. The molecule has 0 spiro atoms. The third kappa shape index (κ3) is 9.09. The smallest absolute Gasteiger partial charge is 0.272 e. The van der Waals surface area contributed by atoms with Gasteiger partial charge in [0.25, 0.3) is 11.8 Å². The van der Waals surface area contributed by atoms with E-state index in [0.717, 1.165) is 32.5 Å². The molecular formula is C43H31ClN4O3S2. The third-order valence-corrected chi connectivity index (χ3v) is 10.4. The average molecular weight is 751 g/mol. The second kappa shape index (κ2) is 16.6. The van der Waals surface area contributed by atoms with Crippen molar-refractivity contribution in [1.29, 1.82) is 0 Å². The van der Waals surface area contributed by atoms with Gasteiger partial charge in [0.1, 0.15) is 10.9 Å². The van der Waals surface area contributed by atoms with Gasteiger partial charge in [-0.25, -0.2) is 4.98 Å². The third-order valence-electron chi connectivity index (χ3n) is 8.15. The van der Waals surface area contributed by atoms with Crippen LogP contribution in [0, 0.1) is 0 Å². The Morgan fingerprint density at radius 2 is 1.45 bits per heavy atom. The van der Waals surface area contributed by atoms with Crippen LogP contribution < -0.4 is 16.0 Å². The first-order valence-electron chi connectivity index (χ1n) is 16.6. The number of hydrogen-bond donors (Lipinski definition) is 3. The lowest BCUT2D eigenvalue weighted by Crippen LogP contribution is -2.30. The predicted molar refractivity (Wildman–Crippen MR) is 217 cm³/mol. The van der Waals surface area contributed by atoms with Crippen molar-refractivity contribution in [2.24, 2.45) is 0 Å². The van der Waals surface area contributed by atoms with Crippen molar-refractivity contribution in [2.45, 2.75) is 10.1 Å². The minimum absolute atomic E-state index is 0.0345. The average Bonchev–Trinajstić information content (AvgIpc) is 3.65. The SMILES string of the molecule is O=C(Nc1cccc(SC(C(=O)Nc2nc(-c3ccc4ccccc4c3)cs2)c2ccccc2)c1)/C(=C/c1cccc(Cl)c1)NC(=O)c1ccccc1.